The maximum atomic E-state index is 11.7. The fourth-order valence-electron chi connectivity index (χ4n) is 1.49. The first-order chi connectivity index (χ1) is 9.34. The van der Waals surface area contributed by atoms with Crippen LogP contribution in [-0.4, -0.2) is 32.4 Å². The lowest BCUT2D eigenvalue weighted by molar-refractivity contribution is -0.122. The molecule has 0 aliphatic carbocycles. The number of primary sulfonamides is 1. The van der Waals surface area contributed by atoms with Gasteiger partial charge in [-0.25, -0.2) is 13.6 Å². The van der Waals surface area contributed by atoms with Crippen LogP contribution >= 0.6 is 11.8 Å². The molecule has 0 aromatic heterocycles. The molecule has 0 heterocycles. The van der Waals surface area contributed by atoms with Gasteiger partial charge in [-0.05, 0) is 36.1 Å². The van der Waals surface area contributed by atoms with Gasteiger partial charge in [0.05, 0.1) is 10.9 Å². The van der Waals surface area contributed by atoms with E-state index in [1.807, 2.05) is 6.26 Å². The van der Waals surface area contributed by atoms with E-state index in [0.717, 1.165) is 11.3 Å². The number of nitrogens with one attached hydrogen (secondary N) is 1. The van der Waals surface area contributed by atoms with Gasteiger partial charge in [0.15, 0.2) is 0 Å². The molecule has 0 saturated heterocycles. The minimum Gasteiger partial charge on any atom is -0.351 e. The second-order valence-electron chi connectivity index (χ2n) is 4.29. The lowest BCUT2D eigenvalue weighted by Gasteiger charge is -2.11. The molecule has 1 aromatic carbocycles. The van der Waals surface area contributed by atoms with Crippen LogP contribution in [0.25, 0.3) is 0 Å². The van der Waals surface area contributed by atoms with Crippen LogP contribution in [0.4, 0.5) is 0 Å². The molecule has 1 aromatic rings. The van der Waals surface area contributed by atoms with Crippen molar-refractivity contribution in [3.8, 4) is 0 Å². The molecule has 0 unspecified atom stereocenters. The Bertz CT molecular complexity index is 544. The van der Waals surface area contributed by atoms with Crippen molar-refractivity contribution in [1.82, 2.24) is 5.32 Å². The molecule has 112 valence electrons. The van der Waals surface area contributed by atoms with Crippen molar-refractivity contribution in [3.63, 3.8) is 0 Å². The van der Waals surface area contributed by atoms with Crippen LogP contribution in [0.3, 0.4) is 0 Å². The third-order valence-electron chi connectivity index (χ3n) is 2.69. The zero-order valence-electron chi connectivity index (χ0n) is 11.2. The molecular weight excluding hydrogens is 298 g/mol. The molecule has 1 rings (SSSR count). The Hall–Kier alpha value is -1.09. The summed E-state index contributed by atoms with van der Waals surface area (Å²) < 4.78 is 22.2. The third kappa shape index (κ3) is 5.49. The number of carbonyl (C=O) groups is 1. The molecule has 1 atom stereocenters. The second-order valence-corrected chi connectivity index (χ2v) is 6.84. The highest BCUT2D eigenvalue weighted by atomic mass is 32.2. The summed E-state index contributed by atoms with van der Waals surface area (Å²) in [6, 6.07) is 5.50. The molecule has 5 N–H and O–H groups in total. The minimum absolute atomic E-state index is 0.0456. The lowest BCUT2D eigenvalue weighted by Crippen LogP contribution is -2.40. The lowest BCUT2D eigenvalue weighted by atomic mass is 10.2. The van der Waals surface area contributed by atoms with Gasteiger partial charge in [0.25, 0.3) is 0 Å². The van der Waals surface area contributed by atoms with E-state index >= 15 is 0 Å². The summed E-state index contributed by atoms with van der Waals surface area (Å²) in [5, 5.41) is 7.71. The molecule has 1 amide bonds. The Balaban J connectivity index is 2.52. The number of hydrogen-bond acceptors (Lipinski definition) is 5. The van der Waals surface area contributed by atoms with Crippen LogP contribution in [0.15, 0.2) is 29.2 Å². The normalized spacial score (nSPS) is 12.9. The van der Waals surface area contributed by atoms with Gasteiger partial charge in [0.1, 0.15) is 0 Å². The van der Waals surface area contributed by atoms with Crippen molar-refractivity contribution in [3.05, 3.63) is 29.8 Å². The van der Waals surface area contributed by atoms with E-state index in [9.17, 15) is 13.2 Å². The maximum Gasteiger partial charge on any atom is 0.238 e. The number of benzene rings is 1. The smallest absolute Gasteiger partial charge is 0.238 e. The van der Waals surface area contributed by atoms with Gasteiger partial charge in [0, 0.05) is 6.54 Å². The largest absolute Gasteiger partial charge is 0.351 e. The standard InChI is InChI=1S/C12H19N3O3S2/c1-19-7-6-11(13)12(16)15-8-9-2-4-10(5-3-9)20(14,17)18/h2-5,11H,6-8,13H2,1H3,(H,15,16)(H2,14,17,18)/t11-/m0/s1. The van der Waals surface area contributed by atoms with Gasteiger partial charge in [-0.3, -0.25) is 4.79 Å². The molecule has 0 aliphatic heterocycles. The van der Waals surface area contributed by atoms with Crippen molar-refractivity contribution in [1.29, 1.82) is 0 Å². The molecule has 0 radical (unpaired) electrons. The van der Waals surface area contributed by atoms with E-state index in [1.165, 1.54) is 12.1 Å². The van der Waals surface area contributed by atoms with Crippen LogP contribution in [0.2, 0.25) is 0 Å². The van der Waals surface area contributed by atoms with Crippen molar-refractivity contribution >= 4 is 27.7 Å². The highest BCUT2D eigenvalue weighted by Crippen LogP contribution is 2.08. The molecule has 0 saturated carbocycles. The summed E-state index contributed by atoms with van der Waals surface area (Å²) in [4.78, 5) is 11.7. The summed E-state index contributed by atoms with van der Waals surface area (Å²) in [6.07, 6.45) is 2.58. The van der Waals surface area contributed by atoms with Crippen molar-refractivity contribution in [2.45, 2.75) is 23.9 Å². The maximum absolute atomic E-state index is 11.7. The monoisotopic (exact) mass is 317 g/mol. The van der Waals surface area contributed by atoms with E-state index in [0.29, 0.717) is 13.0 Å². The number of nitrogens with two attached hydrogens (primary N) is 2. The number of amides is 1. The van der Waals surface area contributed by atoms with E-state index in [1.54, 1.807) is 23.9 Å². The van der Waals surface area contributed by atoms with Gasteiger partial charge >= 0.3 is 0 Å². The summed E-state index contributed by atoms with van der Waals surface area (Å²) in [5.74, 6) is 0.618. The summed E-state index contributed by atoms with van der Waals surface area (Å²) in [7, 11) is -3.68. The Morgan fingerprint density at radius 1 is 1.35 bits per heavy atom. The summed E-state index contributed by atoms with van der Waals surface area (Å²) in [6.45, 7) is 0.302. The SMILES string of the molecule is CSCC[C@H](N)C(=O)NCc1ccc(S(N)(=O)=O)cc1. The predicted octanol–water partition coefficient (Wildman–Crippen LogP) is 0.0306. The van der Waals surface area contributed by atoms with Crippen molar-refractivity contribution in [2.24, 2.45) is 10.9 Å². The number of rotatable bonds is 7. The van der Waals surface area contributed by atoms with Gasteiger partial charge in [-0.1, -0.05) is 12.1 Å². The van der Waals surface area contributed by atoms with Gasteiger partial charge in [-0.15, -0.1) is 0 Å². The number of sulfonamides is 1. The van der Waals surface area contributed by atoms with Crippen LogP contribution in [-0.2, 0) is 21.4 Å². The molecule has 0 fully saturated rings. The van der Waals surface area contributed by atoms with Gasteiger partial charge < -0.3 is 11.1 Å². The molecule has 0 bridgehead atoms. The fraction of sp³-hybridized carbons (Fsp3) is 0.417. The Kier molecular flexibility index (Phi) is 6.47. The molecule has 0 spiro atoms. The van der Waals surface area contributed by atoms with Crippen LogP contribution in [0.5, 0.6) is 0 Å². The van der Waals surface area contributed by atoms with E-state index in [4.69, 9.17) is 10.9 Å². The molecular formula is C12H19N3O3S2. The van der Waals surface area contributed by atoms with E-state index in [-0.39, 0.29) is 10.8 Å². The Morgan fingerprint density at radius 2 is 1.95 bits per heavy atom. The third-order valence-corrected chi connectivity index (χ3v) is 4.26. The highest BCUT2D eigenvalue weighted by molar-refractivity contribution is 7.98. The first-order valence-electron chi connectivity index (χ1n) is 5.98. The highest BCUT2D eigenvalue weighted by Gasteiger charge is 2.12. The number of hydrogen-bond donors (Lipinski definition) is 3. The van der Waals surface area contributed by atoms with Crippen molar-refractivity contribution in [2.75, 3.05) is 12.0 Å². The van der Waals surface area contributed by atoms with Crippen LogP contribution in [0, 0.1) is 0 Å². The molecule has 20 heavy (non-hydrogen) atoms. The number of carbonyl (C=O) groups excluding carboxylic acids is 1. The van der Waals surface area contributed by atoms with Crippen molar-refractivity contribution < 1.29 is 13.2 Å². The topological polar surface area (TPSA) is 115 Å². The first-order valence-corrected chi connectivity index (χ1v) is 8.92. The first kappa shape index (κ1) is 17.0. The van der Waals surface area contributed by atoms with Crippen LogP contribution < -0.4 is 16.2 Å². The molecule has 8 heteroatoms. The second kappa shape index (κ2) is 7.63. The fourth-order valence-corrected chi connectivity index (χ4v) is 2.50. The average Bonchev–Trinajstić information content (AvgIpc) is 2.41. The summed E-state index contributed by atoms with van der Waals surface area (Å²) in [5.41, 5.74) is 6.51. The minimum atomic E-state index is -3.68. The quantitative estimate of drug-likeness (QED) is 0.656. The Morgan fingerprint density at radius 3 is 2.45 bits per heavy atom. The van der Waals surface area contributed by atoms with Gasteiger partial charge in [-0.2, -0.15) is 11.8 Å². The summed E-state index contributed by atoms with van der Waals surface area (Å²) >= 11 is 1.64. The average molecular weight is 317 g/mol. The van der Waals surface area contributed by atoms with Crippen LogP contribution in [0.1, 0.15) is 12.0 Å². The predicted molar refractivity (Wildman–Crippen MR) is 80.6 cm³/mol. The van der Waals surface area contributed by atoms with E-state index < -0.39 is 16.1 Å². The molecule has 6 nitrogen and oxygen atoms in total. The molecule has 0 aliphatic rings. The zero-order valence-corrected chi connectivity index (χ0v) is 12.8. The van der Waals surface area contributed by atoms with E-state index in [2.05, 4.69) is 5.32 Å². The Labute approximate surface area is 123 Å². The van der Waals surface area contributed by atoms with Gasteiger partial charge in [0.2, 0.25) is 15.9 Å². The number of thioether (sulfide) groups is 1. The zero-order chi connectivity index (χ0) is 15.2.